The molecule has 2 aliphatic heterocycles. The molecule has 0 N–H and O–H groups in total. The van der Waals surface area contributed by atoms with Crippen LogP contribution in [-0.4, -0.2) is 74.2 Å². The van der Waals surface area contributed by atoms with Crippen molar-refractivity contribution < 1.29 is 9.53 Å². The molecule has 2 aliphatic rings. The number of aryl methyl sites for hydroxylation is 3. The molecule has 2 heterocycles. The normalized spacial score (nSPS) is 20.4. The molecule has 1 amide bonds. The Labute approximate surface area is 180 Å². The molecule has 2 saturated heterocycles. The summed E-state index contributed by atoms with van der Waals surface area (Å²) in [5.74, 6) is 0.126. The highest BCUT2D eigenvalue weighted by Gasteiger charge is 2.28. The number of carbonyl (C=O) groups excluding carboxylic acids is 1. The van der Waals surface area contributed by atoms with E-state index in [4.69, 9.17) is 4.74 Å². The zero-order chi connectivity index (χ0) is 21.1. The summed E-state index contributed by atoms with van der Waals surface area (Å²) < 4.78 is 6.02. The number of benzene rings is 2. The number of ether oxygens (including phenoxy) is 1. The van der Waals surface area contributed by atoms with Crippen LogP contribution in [-0.2, 0) is 4.74 Å². The van der Waals surface area contributed by atoms with Crippen LogP contribution in [0, 0.1) is 20.8 Å². The minimum absolute atomic E-state index is 0.0832. The number of hydrogen-bond donors (Lipinski definition) is 0. The summed E-state index contributed by atoms with van der Waals surface area (Å²) >= 11 is 0. The Balaban J connectivity index is 1.30. The third-order valence-electron chi connectivity index (χ3n) is 6.49. The van der Waals surface area contributed by atoms with Crippen LogP contribution in [0.1, 0.15) is 27.0 Å². The average Bonchev–Trinajstić information content (AvgIpc) is 2.76. The molecule has 0 spiro atoms. The maximum absolute atomic E-state index is 13.0. The molecule has 0 aliphatic carbocycles. The molecule has 0 radical (unpaired) electrons. The van der Waals surface area contributed by atoms with Crippen molar-refractivity contribution >= 4 is 11.6 Å². The van der Waals surface area contributed by atoms with Crippen molar-refractivity contribution in [3.05, 3.63) is 64.7 Å². The first-order chi connectivity index (χ1) is 14.5. The van der Waals surface area contributed by atoms with Gasteiger partial charge < -0.3 is 14.5 Å². The fourth-order valence-corrected chi connectivity index (χ4v) is 4.40. The van der Waals surface area contributed by atoms with E-state index in [1.165, 1.54) is 16.8 Å². The summed E-state index contributed by atoms with van der Waals surface area (Å²) in [7, 11) is 0. The lowest BCUT2D eigenvalue weighted by Gasteiger charge is -2.40. The van der Waals surface area contributed by atoms with Crippen molar-refractivity contribution in [2.45, 2.75) is 26.9 Å². The van der Waals surface area contributed by atoms with Crippen molar-refractivity contribution in [2.24, 2.45) is 0 Å². The summed E-state index contributed by atoms with van der Waals surface area (Å²) in [6.45, 7) is 13.3. The van der Waals surface area contributed by atoms with Gasteiger partial charge in [-0.2, -0.15) is 0 Å². The third-order valence-corrected chi connectivity index (χ3v) is 6.49. The van der Waals surface area contributed by atoms with Crippen LogP contribution >= 0.6 is 0 Å². The highest BCUT2D eigenvalue weighted by Crippen LogP contribution is 2.21. The Bertz CT molecular complexity index is 890. The maximum atomic E-state index is 13.0. The minimum Gasteiger partial charge on any atom is -0.373 e. The number of morpholine rings is 1. The molecule has 0 aromatic heterocycles. The van der Waals surface area contributed by atoms with Crippen molar-refractivity contribution in [1.82, 2.24) is 9.80 Å². The molecule has 2 aromatic carbocycles. The van der Waals surface area contributed by atoms with Gasteiger partial charge in [-0.15, -0.1) is 0 Å². The Hall–Kier alpha value is -2.37. The van der Waals surface area contributed by atoms with Gasteiger partial charge in [0.15, 0.2) is 0 Å². The second-order valence-electron chi connectivity index (χ2n) is 8.62. The highest BCUT2D eigenvalue weighted by molar-refractivity contribution is 5.95. The van der Waals surface area contributed by atoms with E-state index in [2.05, 4.69) is 41.8 Å². The fourth-order valence-electron chi connectivity index (χ4n) is 4.40. The molecule has 1 unspecified atom stereocenters. The van der Waals surface area contributed by atoms with E-state index in [1.807, 2.05) is 36.1 Å². The lowest BCUT2D eigenvalue weighted by atomic mass is 10.1. The quantitative estimate of drug-likeness (QED) is 0.779. The molecule has 5 nitrogen and oxygen atoms in total. The first kappa shape index (κ1) is 20.9. The van der Waals surface area contributed by atoms with Gasteiger partial charge in [0, 0.05) is 57.1 Å². The lowest BCUT2D eigenvalue weighted by Crippen LogP contribution is -2.53. The molecule has 1 atom stereocenters. The Kier molecular flexibility index (Phi) is 6.40. The van der Waals surface area contributed by atoms with Crippen LogP contribution in [0.3, 0.4) is 0 Å². The van der Waals surface area contributed by atoms with E-state index in [9.17, 15) is 4.79 Å². The van der Waals surface area contributed by atoms with E-state index in [1.54, 1.807) is 0 Å². The molecule has 2 fully saturated rings. The van der Waals surface area contributed by atoms with Crippen LogP contribution in [0.15, 0.2) is 42.5 Å². The van der Waals surface area contributed by atoms with Gasteiger partial charge >= 0.3 is 0 Å². The molecule has 0 bridgehead atoms. The smallest absolute Gasteiger partial charge is 0.254 e. The van der Waals surface area contributed by atoms with Gasteiger partial charge in [-0.25, -0.2) is 0 Å². The van der Waals surface area contributed by atoms with Crippen molar-refractivity contribution in [1.29, 1.82) is 0 Å². The van der Waals surface area contributed by atoms with Crippen LogP contribution < -0.4 is 4.90 Å². The largest absolute Gasteiger partial charge is 0.373 e. The number of hydrogen-bond acceptors (Lipinski definition) is 4. The molecule has 160 valence electrons. The summed E-state index contributed by atoms with van der Waals surface area (Å²) in [6.07, 6.45) is 0.0832. The van der Waals surface area contributed by atoms with Gasteiger partial charge in [-0.1, -0.05) is 24.3 Å². The van der Waals surface area contributed by atoms with Gasteiger partial charge in [-0.05, 0) is 55.7 Å². The Morgan fingerprint density at radius 2 is 1.70 bits per heavy atom. The van der Waals surface area contributed by atoms with Crippen molar-refractivity contribution in [3.8, 4) is 0 Å². The topological polar surface area (TPSA) is 36.0 Å². The predicted octanol–water partition coefficient (Wildman–Crippen LogP) is 3.28. The van der Waals surface area contributed by atoms with E-state index in [0.717, 1.165) is 43.9 Å². The van der Waals surface area contributed by atoms with Gasteiger partial charge in [0.2, 0.25) is 0 Å². The number of amides is 1. The average molecular weight is 408 g/mol. The van der Waals surface area contributed by atoms with Gasteiger partial charge in [-0.3, -0.25) is 9.69 Å². The number of nitrogens with zero attached hydrogens (tertiary/aromatic N) is 3. The van der Waals surface area contributed by atoms with Gasteiger partial charge in [0.05, 0.1) is 12.7 Å². The second kappa shape index (κ2) is 9.19. The summed E-state index contributed by atoms with van der Waals surface area (Å²) in [5.41, 5.74) is 5.86. The monoisotopic (exact) mass is 407 g/mol. The number of anilines is 1. The zero-order valence-electron chi connectivity index (χ0n) is 18.4. The maximum Gasteiger partial charge on any atom is 0.254 e. The third kappa shape index (κ3) is 4.68. The molecule has 0 saturated carbocycles. The number of carbonyl (C=O) groups is 1. The summed E-state index contributed by atoms with van der Waals surface area (Å²) in [5, 5.41) is 0. The summed E-state index contributed by atoms with van der Waals surface area (Å²) in [6, 6.07) is 14.6. The second-order valence-corrected chi connectivity index (χ2v) is 8.62. The minimum atomic E-state index is 0.0832. The van der Waals surface area contributed by atoms with Crippen LogP contribution in [0.25, 0.3) is 0 Å². The van der Waals surface area contributed by atoms with Crippen molar-refractivity contribution in [3.63, 3.8) is 0 Å². The first-order valence-corrected chi connectivity index (χ1v) is 11.0. The standard InChI is InChI=1S/C25H33N3O2/c1-19-8-9-22(16-21(19)3)27-12-10-26(11-13-27)17-23-18-28(14-15-30-23)25(29)24-7-5-4-6-20(24)2/h4-9,16,23H,10-15,17-18H2,1-3H3. The zero-order valence-corrected chi connectivity index (χ0v) is 18.4. The van der Waals surface area contributed by atoms with E-state index in [0.29, 0.717) is 19.7 Å². The molecular weight excluding hydrogens is 374 g/mol. The van der Waals surface area contributed by atoms with Crippen molar-refractivity contribution in [2.75, 3.05) is 57.3 Å². The predicted molar refractivity (Wildman–Crippen MR) is 121 cm³/mol. The number of rotatable bonds is 4. The fraction of sp³-hybridized carbons (Fsp3) is 0.480. The Morgan fingerprint density at radius 3 is 2.43 bits per heavy atom. The number of piperazine rings is 1. The SMILES string of the molecule is Cc1ccc(N2CCN(CC3CN(C(=O)c4ccccc4C)CCO3)CC2)cc1C. The highest BCUT2D eigenvalue weighted by atomic mass is 16.5. The first-order valence-electron chi connectivity index (χ1n) is 11.0. The molecule has 4 rings (SSSR count). The van der Waals surface area contributed by atoms with E-state index < -0.39 is 0 Å². The Morgan fingerprint density at radius 1 is 0.933 bits per heavy atom. The molecule has 5 heteroatoms. The molecule has 2 aromatic rings. The summed E-state index contributed by atoms with van der Waals surface area (Å²) in [4.78, 5) is 19.9. The van der Waals surface area contributed by atoms with Crippen LogP contribution in [0.4, 0.5) is 5.69 Å². The van der Waals surface area contributed by atoms with Gasteiger partial charge in [0.1, 0.15) is 0 Å². The van der Waals surface area contributed by atoms with Gasteiger partial charge in [0.25, 0.3) is 5.91 Å². The van der Waals surface area contributed by atoms with E-state index >= 15 is 0 Å². The molecule has 30 heavy (non-hydrogen) atoms. The lowest BCUT2D eigenvalue weighted by molar-refractivity contribution is -0.0363. The van der Waals surface area contributed by atoms with Crippen LogP contribution in [0.5, 0.6) is 0 Å². The molecular formula is C25H33N3O2. The van der Waals surface area contributed by atoms with Crippen LogP contribution in [0.2, 0.25) is 0 Å². The van der Waals surface area contributed by atoms with E-state index in [-0.39, 0.29) is 12.0 Å².